The first-order valence-corrected chi connectivity index (χ1v) is 6.07. The Morgan fingerprint density at radius 3 is 2.88 bits per heavy atom. The van der Waals surface area contributed by atoms with Crippen molar-refractivity contribution in [2.75, 3.05) is 13.1 Å². The van der Waals surface area contributed by atoms with Gasteiger partial charge in [0.05, 0.1) is 6.20 Å². The SMILES string of the molecule is Cn1cc(CNC(=O)C2(C)CCNCC2)cn1. The van der Waals surface area contributed by atoms with Crippen LogP contribution in [0.2, 0.25) is 0 Å². The van der Waals surface area contributed by atoms with Crippen molar-refractivity contribution in [3.63, 3.8) is 0 Å². The zero-order chi connectivity index (χ0) is 12.3. The van der Waals surface area contributed by atoms with Crippen molar-refractivity contribution < 1.29 is 4.79 Å². The normalized spacial score (nSPS) is 18.9. The summed E-state index contributed by atoms with van der Waals surface area (Å²) >= 11 is 0. The Hall–Kier alpha value is -1.36. The quantitative estimate of drug-likeness (QED) is 0.800. The topological polar surface area (TPSA) is 59.0 Å². The predicted octanol–water partition coefficient (Wildman–Crippen LogP) is 0.426. The Balaban J connectivity index is 1.88. The molecule has 1 saturated heterocycles. The minimum Gasteiger partial charge on any atom is -0.351 e. The van der Waals surface area contributed by atoms with Gasteiger partial charge in [-0.15, -0.1) is 0 Å². The van der Waals surface area contributed by atoms with Crippen molar-refractivity contribution in [3.05, 3.63) is 18.0 Å². The van der Waals surface area contributed by atoms with Crippen LogP contribution in [0.1, 0.15) is 25.3 Å². The van der Waals surface area contributed by atoms with E-state index in [1.807, 2.05) is 20.2 Å². The third kappa shape index (κ3) is 2.85. The third-order valence-electron chi connectivity index (χ3n) is 3.47. The molecule has 1 aliphatic heterocycles. The second kappa shape index (κ2) is 4.87. The van der Waals surface area contributed by atoms with Crippen LogP contribution in [0.3, 0.4) is 0 Å². The van der Waals surface area contributed by atoms with Crippen LogP contribution < -0.4 is 10.6 Å². The number of hydrogen-bond acceptors (Lipinski definition) is 3. The summed E-state index contributed by atoms with van der Waals surface area (Å²) in [5.41, 5.74) is 0.825. The molecule has 1 aromatic heterocycles. The molecule has 2 rings (SSSR count). The van der Waals surface area contributed by atoms with Crippen molar-refractivity contribution in [1.82, 2.24) is 20.4 Å². The summed E-state index contributed by atoms with van der Waals surface area (Å²) in [5.74, 6) is 0.155. The van der Waals surface area contributed by atoms with Crippen molar-refractivity contribution in [1.29, 1.82) is 0 Å². The van der Waals surface area contributed by atoms with E-state index in [9.17, 15) is 4.79 Å². The van der Waals surface area contributed by atoms with Gasteiger partial charge in [-0.05, 0) is 25.9 Å². The minimum atomic E-state index is -0.215. The zero-order valence-corrected chi connectivity index (χ0v) is 10.5. The van der Waals surface area contributed by atoms with E-state index < -0.39 is 0 Å². The molecule has 0 radical (unpaired) electrons. The molecule has 0 atom stereocenters. The molecule has 5 heteroatoms. The second-order valence-corrected chi connectivity index (χ2v) is 5.02. The smallest absolute Gasteiger partial charge is 0.226 e. The Morgan fingerprint density at radius 1 is 1.59 bits per heavy atom. The minimum absolute atomic E-state index is 0.155. The van der Waals surface area contributed by atoms with E-state index in [4.69, 9.17) is 0 Å². The first-order valence-electron chi connectivity index (χ1n) is 6.07. The Kier molecular flexibility index (Phi) is 3.47. The molecule has 0 saturated carbocycles. The van der Waals surface area contributed by atoms with Crippen molar-refractivity contribution in [2.24, 2.45) is 12.5 Å². The largest absolute Gasteiger partial charge is 0.351 e. The molecule has 0 bridgehead atoms. The third-order valence-corrected chi connectivity index (χ3v) is 3.47. The fraction of sp³-hybridized carbons (Fsp3) is 0.667. The molecule has 1 fully saturated rings. The van der Waals surface area contributed by atoms with Crippen LogP contribution in [-0.4, -0.2) is 28.8 Å². The number of nitrogens with zero attached hydrogens (tertiary/aromatic N) is 2. The van der Waals surface area contributed by atoms with Gasteiger partial charge in [-0.1, -0.05) is 6.92 Å². The van der Waals surface area contributed by atoms with Gasteiger partial charge in [0.25, 0.3) is 0 Å². The number of amides is 1. The summed E-state index contributed by atoms with van der Waals surface area (Å²) in [6.07, 6.45) is 5.52. The average Bonchev–Trinajstić information content (AvgIpc) is 2.73. The summed E-state index contributed by atoms with van der Waals surface area (Å²) in [6.45, 7) is 4.47. The predicted molar refractivity (Wildman–Crippen MR) is 65.3 cm³/mol. The summed E-state index contributed by atoms with van der Waals surface area (Å²) in [5, 5.41) is 10.4. The van der Waals surface area contributed by atoms with Gasteiger partial charge in [0.15, 0.2) is 0 Å². The summed E-state index contributed by atoms with van der Waals surface area (Å²) < 4.78 is 1.74. The average molecular weight is 236 g/mol. The summed E-state index contributed by atoms with van der Waals surface area (Å²) in [4.78, 5) is 12.1. The van der Waals surface area contributed by atoms with E-state index in [2.05, 4.69) is 15.7 Å². The van der Waals surface area contributed by atoms with Crippen LogP contribution in [-0.2, 0) is 18.4 Å². The number of nitrogens with one attached hydrogen (secondary N) is 2. The highest BCUT2D eigenvalue weighted by Crippen LogP contribution is 2.27. The first-order chi connectivity index (χ1) is 8.10. The van der Waals surface area contributed by atoms with Crippen molar-refractivity contribution in [2.45, 2.75) is 26.3 Å². The van der Waals surface area contributed by atoms with Crippen LogP contribution in [0.5, 0.6) is 0 Å². The lowest BCUT2D eigenvalue weighted by Gasteiger charge is -2.32. The van der Waals surface area contributed by atoms with Gasteiger partial charge < -0.3 is 10.6 Å². The van der Waals surface area contributed by atoms with Crippen molar-refractivity contribution >= 4 is 5.91 Å². The molecule has 0 aromatic carbocycles. The molecule has 94 valence electrons. The maximum absolute atomic E-state index is 12.1. The van der Waals surface area contributed by atoms with Gasteiger partial charge in [-0.2, -0.15) is 5.10 Å². The highest BCUT2D eigenvalue weighted by atomic mass is 16.2. The lowest BCUT2D eigenvalue weighted by molar-refractivity contribution is -0.131. The lowest BCUT2D eigenvalue weighted by atomic mass is 9.80. The Labute approximate surface area is 102 Å². The molecular weight excluding hydrogens is 216 g/mol. The van der Waals surface area contributed by atoms with Gasteiger partial charge in [0, 0.05) is 30.8 Å². The van der Waals surface area contributed by atoms with E-state index in [1.165, 1.54) is 0 Å². The maximum Gasteiger partial charge on any atom is 0.226 e. The van der Waals surface area contributed by atoms with Crippen LogP contribution >= 0.6 is 0 Å². The highest BCUT2D eigenvalue weighted by molar-refractivity contribution is 5.82. The molecule has 1 aromatic rings. The molecule has 1 aliphatic rings. The fourth-order valence-electron chi connectivity index (χ4n) is 2.16. The summed E-state index contributed by atoms with van der Waals surface area (Å²) in [6, 6.07) is 0. The standard InChI is InChI=1S/C12H20N4O/c1-12(3-5-13-6-4-12)11(17)14-7-10-8-15-16(2)9-10/h8-9,13H,3-7H2,1-2H3,(H,14,17). The van der Waals surface area contributed by atoms with Crippen molar-refractivity contribution in [3.8, 4) is 0 Å². The van der Waals surface area contributed by atoms with Gasteiger partial charge >= 0.3 is 0 Å². The number of piperidine rings is 1. The molecule has 1 amide bonds. The van der Waals surface area contributed by atoms with Crippen LogP contribution in [0.25, 0.3) is 0 Å². The lowest BCUT2D eigenvalue weighted by Crippen LogP contribution is -2.45. The molecule has 2 N–H and O–H groups in total. The number of hydrogen-bond donors (Lipinski definition) is 2. The Morgan fingerprint density at radius 2 is 2.29 bits per heavy atom. The van der Waals surface area contributed by atoms with Crippen LogP contribution in [0.4, 0.5) is 0 Å². The molecule has 0 spiro atoms. The van der Waals surface area contributed by atoms with Gasteiger partial charge in [-0.25, -0.2) is 0 Å². The number of carbonyl (C=O) groups excluding carboxylic acids is 1. The van der Waals surface area contributed by atoms with Gasteiger partial charge in [-0.3, -0.25) is 9.48 Å². The molecular formula is C12H20N4O. The van der Waals surface area contributed by atoms with Gasteiger partial charge in [0.1, 0.15) is 0 Å². The molecule has 2 heterocycles. The Bertz CT molecular complexity index is 393. The first kappa shape index (κ1) is 12.1. The maximum atomic E-state index is 12.1. The molecule has 0 aliphatic carbocycles. The fourth-order valence-corrected chi connectivity index (χ4v) is 2.16. The van der Waals surface area contributed by atoms with Crippen LogP contribution in [0.15, 0.2) is 12.4 Å². The zero-order valence-electron chi connectivity index (χ0n) is 10.5. The number of aromatic nitrogens is 2. The molecule has 0 unspecified atom stereocenters. The van der Waals surface area contributed by atoms with E-state index in [0.717, 1.165) is 31.5 Å². The van der Waals surface area contributed by atoms with E-state index >= 15 is 0 Å². The number of aryl methyl sites for hydroxylation is 1. The number of rotatable bonds is 3. The van der Waals surface area contributed by atoms with Crippen LogP contribution in [0, 0.1) is 5.41 Å². The van der Waals surface area contributed by atoms with E-state index in [-0.39, 0.29) is 11.3 Å². The molecule has 5 nitrogen and oxygen atoms in total. The van der Waals surface area contributed by atoms with E-state index in [0.29, 0.717) is 6.54 Å². The monoisotopic (exact) mass is 236 g/mol. The number of carbonyl (C=O) groups is 1. The van der Waals surface area contributed by atoms with E-state index in [1.54, 1.807) is 10.9 Å². The van der Waals surface area contributed by atoms with Gasteiger partial charge in [0.2, 0.25) is 5.91 Å². The summed E-state index contributed by atoms with van der Waals surface area (Å²) in [7, 11) is 1.87. The second-order valence-electron chi connectivity index (χ2n) is 5.02. The molecule has 17 heavy (non-hydrogen) atoms. The highest BCUT2D eigenvalue weighted by Gasteiger charge is 2.34.